The number of nitrogens with zero attached hydrogens (tertiary/aromatic N) is 2. The summed E-state index contributed by atoms with van der Waals surface area (Å²) in [6.45, 7) is 2.27. The fraction of sp³-hybridized carbons (Fsp3) is 0.556. The largest absolute Gasteiger partial charge is 0.350 e. The Morgan fingerprint density at radius 2 is 1.77 bits per heavy atom. The predicted octanol–water partition coefficient (Wildman–Crippen LogP) is 1.08. The van der Waals surface area contributed by atoms with Crippen LogP contribution in [0, 0.1) is 17.2 Å². The molecule has 1 aromatic carbocycles. The summed E-state index contributed by atoms with van der Waals surface area (Å²) in [6, 6.07) is 8.35. The Bertz CT molecular complexity index is 771. The zero-order valence-electron chi connectivity index (χ0n) is 14.5. The molecule has 0 saturated carbocycles. The number of benzene rings is 1. The van der Waals surface area contributed by atoms with Gasteiger partial charge in [-0.2, -0.15) is 5.26 Å². The number of carbonyl (C=O) groups is 1. The Morgan fingerprint density at radius 3 is 2.35 bits per heavy atom. The molecule has 2 fully saturated rings. The first-order valence-corrected chi connectivity index (χ1v) is 10.5. The van der Waals surface area contributed by atoms with E-state index >= 15 is 0 Å². The number of ether oxygens (including phenoxy) is 2. The molecule has 8 heteroatoms. The number of hydrogen-bond donors (Lipinski definition) is 0. The van der Waals surface area contributed by atoms with Gasteiger partial charge in [-0.3, -0.25) is 4.79 Å². The maximum atomic E-state index is 12.4. The third-order valence-corrected chi connectivity index (χ3v) is 6.20. The van der Waals surface area contributed by atoms with E-state index in [-0.39, 0.29) is 23.9 Å². The van der Waals surface area contributed by atoms with Crippen LogP contribution < -0.4 is 0 Å². The van der Waals surface area contributed by atoms with Gasteiger partial charge in [0.05, 0.1) is 30.6 Å². The lowest BCUT2D eigenvalue weighted by atomic mass is 9.96. The molecule has 0 bridgehead atoms. The summed E-state index contributed by atoms with van der Waals surface area (Å²) in [6.07, 6.45) is 1.32. The van der Waals surface area contributed by atoms with Crippen molar-refractivity contribution in [1.29, 1.82) is 5.26 Å². The van der Waals surface area contributed by atoms with Crippen LogP contribution in [0.4, 0.5) is 0 Å². The molecule has 2 saturated heterocycles. The minimum atomic E-state index is -3.56. The highest BCUT2D eigenvalue weighted by Gasteiger charge is 2.32. The van der Waals surface area contributed by atoms with Crippen LogP contribution in [0.25, 0.3) is 0 Å². The summed E-state index contributed by atoms with van der Waals surface area (Å²) in [4.78, 5) is 14.0. The van der Waals surface area contributed by atoms with Crippen molar-refractivity contribution in [2.75, 3.05) is 32.1 Å². The van der Waals surface area contributed by atoms with E-state index in [1.165, 1.54) is 0 Å². The van der Waals surface area contributed by atoms with Crippen molar-refractivity contribution >= 4 is 15.7 Å². The average Bonchev–Trinajstić information content (AvgIpc) is 3.16. The molecule has 7 nitrogen and oxygen atoms in total. The van der Waals surface area contributed by atoms with E-state index in [1.807, 2.05) is 6.07 Å². The van der Waals surface area contributed by atoms with Crippen molar-refractivity contribution in [3.63, 3.8) is 0 Å². The molecule has 0 radical (unpaired) electrons. The number of rotatable bonds is 5. The second-order valence-corrected chi connectivity index (χ2v) is 8.73. The van der Waals surface area contributed by atoms with Crippen LogP contribution in [0.1, 0.15) is 24.0 Å². The van der Waals surface area contributed by atoms with Gasteiger partial charge in [-0.05, 0) is 30.5 Å². The van der Waals surface area contributed by atoms with E-state index in [0.717, 1.165) is 12.8 Å². The summed E-state index contributed by atoms with van der Waals surface area (Å²) in [7, 11) is -3.56. The molecular weight excluding hydrogens is 356 g/mol. The number of nitriles is 1. The Labute approximate surface area is 153 Å². The van der Waals surface area contributed by atoms with E-state index in [2.05, 4.69) is 0 Å². The molecular formula is C18H22N2O5S. The van der Waals surface area contributed by atoms with Crippen LogP contribution >= 0.6 is 0 Å². The van der Waals surface area contributed by atoms with Gasteiger partial charge in [-0.25, -0.2) is 8.42 Å². The van der Waals surface area contributed by atoms with Gasteiger partial charge in [-0.1, -0.05) is 12.1 Å². The summed E-state index contributed by atoms with van der Waals surface area (Å²) in [5.74, 6) is -0.791. The molecule has 0 unspecified atom stereocenters. The van der Waals surface area contributed by atoms with E-state index < -0.39 is 15.6 Å². The molecule has 0 spiro atoms. The molecule has 140 valence electrons. The van der Waals surface area contributed by atoms with Crippen molar-refractivity contribution in [3.8, 4) is 6.07 Å². The van der Waals surface area contributed by atoms with Gasteiger partial charge in [-0.15, -0.1) is 0 Å². The van der Waals surface area contributed by atoms with Crippen LogP contribution in [0.5, 0.6) is 0 Å². The number of amides is 1. The Kier molecular flexibility index (Phi) is 5.91. The van der Waals surface area contributed by atoms with Crippen LogP contribution in [0.2, 0.25) is 0 Å². The normalized spacial score (nSPS) is 19.4. The van der Waals surface area contributed by atoms with Crippen LogP contribution in [0.15, 0.2) is 24.3 Å². The third-order valence-electron chi connectivity index (χ3n) is 4.74. The first kappa shape index (κ1) is 18.8. The van der Waals surface area contributed by atoms with Crippen LogP contribution in [0.3, 0.4) is 0 Å². The number of hydrogen-bond acceptors (Lipinski definition) is 6. The molecule has 0 N–H and O–H groups in total. The van der Waals surface area contributed by atoms with E-state index in [4.69, 9.17) is 14.7 Å². The van der Waals surface area contributed by atoms with Crippen molar-refractivity contribution in [2.24, 2.45) is 5.92 Å². The average molecular weight is 378 g/mol. The van der Waals surface area contributed by atoms with Crippen molar-refractivity contribution in [1.82, 2.24) is 4.90 Å². The van der Waals surface area contributed by atoms with Gasteiger partial charge in [0.15, 0.2) is 16.1 Å². The van der Waals surface area contributed by atoms with Crippen LogP contribution in [-0.2, 0) is 29.9 Å². The molecule has 0 aromatic heterocycles. The molecule has 2 aliphatic rings. The third kappa shape index (κ3) is 4.81. The molecule has 0 aliphatic carbocycles. The smallest absolute Gasteiger partial charge is 0.237 e. The van der Waals surface area contributed by atoms with E-state index in [9.17, 15) is 13.2 Å². The zero-order chi connectivity index (χ0) is 18.6. The molecule has 1 aromatic rings. The van der Waals surface area contributed by atoms with Gasteiger partial charge in [0, 0.05) is 19.0 Å². The summed E-state index contributed by atoms with van der Waals surface area (Å²) in [5.41, 5.74) is 1.05. The predicted molar refractivity (Wildman–Crippen MR) is 93.6 cm³/mol. The quantitative estimate of drug-likeness (QED) is 0.761. The lowest BCUT2D eigenvalue weighted by Crippen LogP contribution is -2.43. The van der Waals surface area contributed by atoms with Gasteiger partial charge in [0.2, 0.25) is 5.91 Å². The molecule has 3 rings (SSSR count). The zero-order valence-corrected chi connectivity index (χ0v) is 15.3. The molecule has 1 amide bonds. The van der Waals surface area contributed by atoms with Crippen LogP contribution in [-0.4, -0.2) is 57.6 Å². The first-order chi connectivity index (χ1) is 12.5. The second kappa shape index (κ2) is 8.16. The fourth-order valence-corrected chi connectivity index (χ4v) is 4.69. The lowest BCUT2D eigenvalue weighted by molar-refractivity contribution is -0.134. The maximum Gasteiger partial charge on any atom is 0.237 e. The van der Waals surface area contributed by atoms with Gasteiger partial charge in [0.25, 0.3) is 0 Å². The molecule has 2 heterocycles. The van der Waals surface area contributed by atoms with E-state index in [1.54, 1.807) is 29.2 Å². The summed E-state index contributed by atoms with van der Waals surface area (Å²) < 4.78 is 35.7. The maximum absolute atomic E-state index is 12.4. The Hall–Kier alpha value is -1.95. The number of carbonyl (C=O) groups excluding carboxylic acids is 1. The lowest BCUT2D eigenvalue weighted by Gasteiger charge is -2.33. The highest BCUT2D eigenvalue weighted by molar-refractivity contribution is 7.91. The van der Waals surface area contributed by atoms with Crippen molar-refractivity contribution in [3.05, 3.63) is 35.4 Å². The number of piperidine rings is 1. The first-order valence-electron chi connectivity index (χ1n) is 8.67. The van der Waals surface area contributed by atoms with Gasteiger partial charge in [0.1, 0.15) is 5.75 Å². The molecule has 26 heavy (non-hydrogen) atoms. The Morgan fingerprint density at radius 1 is 1.15 bits per heavy atom. The van der Waals surface area contributed by atoms with Crippen molar-refractivity contribution < 1.29 is 22.7 Å². The highest BCUT2D eigenvalue weighted by atomic mass is 32.2. The minimum Gasteiger partial charge on any atom is -0.350 e. The van der Waals surface area contributed by atoms with Gasteiger partial charge < -0.3 is 14.4 Å². The second-order valence-electron chi connectivity index (χ2n) is 6.67. The minimum absolute atomic E-state index is 0.188. The van der Waals surface area contributed by atoms with E-state index in [0.29, 0.717) is 37.4 Å². The topological polar surface area (TPSA) is 96.7 Å². The number of sulfone groups is 1. The summed E-state index contributed by atoms with van der Waals surface area (Å²) >= 11 is 0. The molecule has 0 atom stereocenters. The highest BCUT2D eigenvalue weighted by Crippen LogP contribution is 2.26. The Balaban J connectivity index is 1.51. The monoisotopic (exact) mass is 378 g/mol. The number of likely N-dealkylation sites (tertiary alicyclic amines) is 1. The fourth-order valence-electron chi connectivity index (χ4n) is 3.33. The summed E-state index contributed by atoms with van der Waals surface area (Å²) in [5, 5.41) is 8.78. The van der Waals surface area contributed by atoms with Crippen molar-refractivity contribution in [2.45, 2.75) is 24.9 Å². The standard InChI is InChI=1S/C18H22N2O5S/c19-11-14-1-3-15(4-2-14)12-26(22,23)13-17(21)20-7-5-16(6-8-20)18-24-9-10-25-18/h1-4,16,18H,5-10,12-13H2. The SMILES string of the molecule is N#Cc1ccc(CS(=O)(=O)CC(=O)N2CCC(C3OCCO3)CC2)cc1. The van der Waals surface area contributed by atoms with Gasteiger partial charge >= 0.3 is 0 Å². The molecule has 2 aliphatic heterocycles.